The number of pyridine rings is 1. The fraction of sp³-hybridized carbons (Fsp3) is 0.400. The summed E-state index contributed by atoms with van der Waals surface area (Å²) in [6.07, 6.45) is -10.8. The lowest BCUT2D eigenvalue weighted by molar-refractivity contribution is -0.275. The Morgan fingerprint density at radius 2 is 1.85 bits per heavy atom. The minimum Gasteiger partial charge on any atom is -0.405 e. The first-order chi connectivity index (χ1) is 9.08. The molecule has 1 rings (SSSR count). The monoisotopic (exact) mass is 318 g/mol. The Bertz CT molecular complexity index is 534. The second kappa shape index (κ2) is 5.75. The van der Waals surface area contributed by atoms with Gasteiger partial charge in [-0.15, -0.1) is 24.8 Å². The summed E-state index contributed by atoms with van der Waals surface area (Å²) in [4.78, 5) is 3.12. The number of nitriles is 1. The smallest absolute Gasteiger partial charge is 0.405 e. The molecule has 0 unspecified atom stereocenters. The number of hydrogen-bond donors (Lipinski definition) is 0. The minimum atomic E-state index is -5.20. The molecule has 0 aromatic carbocycles. The maximum Gasteiger partial charge on any atom is 0.573 e. The highest BCUT2D eigenvalue weighted by Crippen LogP contribution is 2.35. The van der Waals surface area contributed by atoms with E-state index >= 15 is 0 Å². The Morgan fingerprint density at radius 1 is 1.25 bits per heavy atom. The molecule has 0 aliphatic heterocycles. The summed E-state index contributed by atoms with van der Waals surface area (Å²) >= 11 is 5.36. The van der Waals surface area contributed by atoms with Crippen molar-refractivity contribution in [3.8, 4) is 11.8 Å². The van der Waals surface area contributed by atoms with Gasteiger partial charge in [0, 0.05) is 11.6 Å². The van der Waals surface area contributed by atoms with Gasteiger partial charge in [0.05, 0.1) is 24.1 Å². The summed E-state index contributed by atoms with van der Waals surface area (Å²) in [5.41, 5.74) is -2.48. The molecule has 1 heterocycles. The molecule has 0 N–H and O–H groups in total. The summed E-state index contributed by atoms with van der Waals surface area (Å²) < 4.78 is 77.7. The normalized spacial score (nSPS) is 12.1. The number of alkyl halides is 7. The second-order valence-corrected chi connectivity index (χ2v) is 3.71. The Hall–Kier alpha value is -1.69. The van der Waals surface area contributed by atoms with Gasteiger partial charge in [-0.3, -0.25) is 0 Å². The third-order valence-electron chi connectivity index (χ3n) is 2.07. The molecule has 0 bridgehead atoms. The van der Waals surface area contributed by atoms with E-state index in [1.54, 1.807) is 0 Å². The third kappa shape index (κ3) is 4.16. The van der Waals surface area contributed by atoms with E-state index in [0.717, 1.165) is 0 Å². The minimum absolute atomic E-state index is 0.0935. The standard InChI is InChI=1S/C10H5ClF6N2O/c11-4-6-5(1-2-18)7(20-10(15,16)17)3-8(19-6)9(12,13)14/h3H,1,4H2. The third-order valence-corrected chi connectivity index (χ3v) is 2.32. The first-order valence-electron chi connectivity index (χ1n) is 4.87. The molecule has 1 aromatic rings. The molecule has 0 spiro atoms. The number of halogens is 7. The number of aromatic nitrogens is 1. The molecule has 0 aliphatic carbocycles. The lowest BCUT2D eigenvalue weighted by Gasteiger charge is -2.16. The SMILES string of the molecule is N#CCc1c(OC(F)(F)F)cc(C(F)(F)F)nc1CCl. The summed E-state index contributed by atoms with van der Waals surface area (Å²) in [6, 6.07) is 1.61. The van der Waals surface area contributed by atoms with Gasteiger partial charge < -0.3 is 4.74 Å². The zero-order chi connectivity index (χ0) is 15.6. The highest BCUT2D eigenvalue weighted by Gasteiger charge is 2.37. The molecule has 3 nitrogen and oxygen atoms in total. The van der Waals surface area contributed by atoms with Crippen LogP contribution in [0.25, 0.3) is 0 Å². The van der Waals surface area contributed by atoms with Gasteiger partial charge in [-0.1, -0.05) is 0 Å². The Morgan fingerprint density at radius 3 is 2.25 bits per heavy atom. The molecule has 0 aliphatic rings. The lowest BCUT2D eigenvalue weighted by atomic mass is 10.1. The van der Waals surface area contributed by atoms with Gasteiger partial charge in [-0.25, -0.2) is 4.98 Å². The predicted octanol–water partition coefficient (Wildman–Crippen LogP) is 3.80. The number of ether oxygens (including phenoxy) is 1. The summed E-state index contributed by atoms with van der Waals surface area (Å²) in [5, 5.41) is 8.51. The number of hydrogen-bond acceptors (Lipinski definition) is 3. The van der Waals surface area contributed by atoms with Crippen LogP contribution in [0.4, 0.5) is 26.3 Å². The van der Waals surface area contributed by atoms with Crippen molar-refractivity contribution in [3.63, 3.8) is 0 Å². The molecule has 110 valence electrons. The molecule has 10 heteroatoms. The van der Waals surface area contributed by atoms with E-state index in [9.17, 15) is 26.3 Å². The Balaban J connectivity index is 3.46. The van der Waals surface area contributed by atoms with Crippen LogP contribution in [0.3, 0.4) is 0 Å². The van der Waals surface area contributed by atoms with E-state index in [-0.39, 0.29) is 6.07 Å². The molecule has 0 atom stereocenters. The van der Waals surface area contributed by atoms with Crippen molar-refractivity contribution < 1.29 is 31.1 Å². The van der Waals surface area contributed by atoms with Crippen molar-refractivity contribution in [2.75, 3.05) is 0 Å². The van der Waals surface area contributed by atoms with Crippen LogP contribution in [-0.4, -0.2) is 11.3 Å². The van der Waals surface area contributed by atoms with Crippen LogP contribution in [0.5, 0.6) is 5.75 Å². The van der Waals surface area contributed by atoms with E-state index in [1.165, 1.54) is 6.07 Å². The zero-order valence-corrected chi connectivity index (χ0v) is 10.2. The molecule has 0 amide bonds. The summed E-state index contributed by atoms with van der Waals surface area (Å²) in [7, 11) is 0. The van der Waals surface area contributed by atoms with Crippen molar-refractivity contribution in [3.05, 3.63) is 23.0 Å². The van der Waals surface area contributed by atoms with Gasteiger partial charge in [0.2, 0.25) is 0 Å². The zero-order valence-electron chi connectivity index (χ0n) is 9.44. The van der Waals surface area contributed by atoms with E-state index < -0.39 is 47.5 Å². The van der Waals surface area contributed by atoms with Crippen LogP contribution in [0.2, 0.25) is 0 Å². The van der Waals surface area contributed by atoms with Gasteiger partial charge in [-0.2, -0.15) is 18.4 Å². The fourth-order valence-corrected chi connectivity index (χ4v) is 1.56. The first-order valence-corrected chi connectivity index (χ1v) is 5.40. The number of nitrogens with zero attached hydrogens (tertiary/aromatic N) is 2. The van der Waals surface area contributed by atoms with Gasteiger partial charge >= 0.3 is 12.5 Å². The van der Waals surface area contributed by atoms with Crippen LogP contribution in [0.1, 0.15) is 17.0 Å². The van der Waals surface area contributed by atoms with Crippen molar-refractivity contribution in [1.82, 2.24) is 4.98 Å². The molecule has 0 saturated heterocycles. The van der Waals surface area contributed by atoms with Gasteiger partial charge in [0.25, 0.3) is 0 Å². The van der Waals surface area contributed by atoms with Crippen molar-refractivity contribution in [2.45, 2.75) is 24.8 Å². The molecule has 20 heavy (non-hydrogen) atoms. The van der Waals surface area contributed by atoms with E-state index in [1.807, 2.05) is 0 Å². The summed E-state index contributed by atoms with van der Waals surface area (Å²) in [5.74, 6) is -1.72. The van der Waals surface area contributed by atoms with Crippen molar-refractivity contribution in [2.24, 2.45) is 0 Å². The topological polar surface area (TPSA) is 45.9 Å². The van der Waals surface area contributed by atoms with Crippen molar-refractivity contribution in [1.29, 1.82) is 5.26 Å². The lowest BCUT2D eigenvalue weighted by Crippen LogP contribution is -2.20. The highest BCUT2D eigenvalue weighted by molar-refractivity contribution is 6.17. The fourth-order valence-electron chi connectivity index (χ4n) is 1.34. The van der Waals surface area contributed by atoms with Crippen LogP contribution < -0.4 is 4.74 Å². The van der Waals surface area contributed by atoms with Crippen molar-refractivity contribution >= 4 is 11.6 Å². The molecular weight excluding hydrogens is 314 g/mol. The maximum atomic E-state index is 12.5. The predicted molar refractivity (Wildman–Crippen MR) is 54.8 cm³/mol. The molecule has 0 radical (unpaired) electrons. The molecule has 1 aromatic heterocycles. The van der Waals surface area contributed by atoms with E-state index in [2.05, 4.69) is 9.72 Å². The van der Waals surface area contributed by atoms with E-state index in [0.29, 0.717) is 0 Å². The Kier molecular flexibility index (Phi) is 4.70. The average Bonchev–Trinajstić information content (AvgIpc) is 2.27. The quantitative estimate of drug-likeness (QED) is 0.629. The number of rotatable bonds is 3. The van der Waals surface area contributed by atoms with Gasteiger partial charge in [0.15, 0.2) is 0 Å². The first kappa shape index (κ1) is 16.4. The average molecular weight is 319 g/mol. The molecule has 0 saturated carbocycles. The highest BCUT2D eigenvalue weighted by atomic mass is 35.5. The van der Waals surface area contributed by atoms with Gasteiger partial charge in [0.1, 0.15) is 11.4 Å². The van der Waals surface area contributed by atoms with Crippen LogP contribution >= 0.6 is 11.6 Å². The van der Waals surface area contributed by atoms with E-state index in [4.69, 9.17) is 16.9 Å². The summed E-state index contributed by atoms with van der Waals surface area (Å²) in [6.45, 7) is 0. The second-order valence-electron chi connectivity index (χ2n) is 3.44. The van der Waals surface area contributed by atoms with Gasteiger partial charge in [-0.05, 0) is 0 Å². The maximum absolute atomic E-state index is 12.5. The van der Waals surface area contributed by atoms with Crippen LogP contribution in [0, 0.1) is 11.3 Å². The Labute approximate surface area is 113 Å². The van der Waals surface area contributed by atoms with Crippen LogP contribution in [0.15, 0.2) is 6.07 Å². The molecule has 0 fully saturated rings. The van der Waals surface area contributed by atoms with Crippen LogP contribution in [-0.2, 0) is 18.5 Å². The molecular formula is C10H5ClF6N2O. The largest absolute Gasteiger partial charge is 0.573 e.